The number of hydrogen-bond donors (Lipinski definition) is 3. The molecule has 0 aromatic carbocycles. The lowest BCUT2D eigenvalue weighted by Crippen LogP contribution is -2.25. The molecule has 3 heterocycles. The molecule has 112 valence electrons. The Kier molecular flexibility index (Phi) is 2.49. The molecule has 22 heavy (non-hydrogen) atoms. The van der Waals surface area contributed by atoms with E-state index in [2.05, 4.69) is 25.4 Å². The molecule has 1 saturated carbocycles. The molecule has 11 nitrogen and oxygen atoms in total. The minimum atomic E-state index is -0.735. The van der Waals surface area contributed by atoms with Gasteiger partial charge >= 0.3 is 17.7 Å². The fourth-order valence-electron chi connectivity index (χ4n) is 2.03. The first-order valence-electron chi connectivity index (χ1n) is 6.46. The van der Waals surface area contributed by atoms with E-state index in [1.54, 1.807) is 0 Å². The molecule has 3 aromatic heterocycles. The highest BCUT2D eigenvalue weighted by Gasteiger charge is 2.29. The zero-order valence-corrected chi connectivity index (χ0v) is 11.0. The van der Waals surface area contributed by atoms with Crippen LogP contribution in [0.2, 0.25) is 0 Å². The molecule has 3 N–H and O–H groups in total. The Labute approximate surface area is 120 Å². The Morgan fingerprint density at radius 3 is 2.95 bits per heavy atom. The lowest BCUT2D eigenvalue weighted by atomic mass is 10.4. The fraction of sp³-hybridized carbons (Fsp3) is 0.273. The smallest absolute Gasteiger partial charge is 0.315 e. The number of aromatic amines is 2. The van der Waals surface area contributed by atoms with Gasteiger partial charge in [-0.25, -0.2) is 19.1 Å². The number of aromatic nitrogens is 6. The first-order valence-corrected chi connectivity index (χ1v) is 6.46. The minimum absolute atomic E-state index is 0.0202. The van der Waals surface area contributed by atoms with E-state index in [4.69, 9.17) is 4.52 Å². The number of hydrogen-bond acceptors (Lipinski definition) is 7. The van der Waals surface area contributed by atoms with Crippen molar-refractivity contribution in [2.24, 2.45) is 0 Å². The number of H-pyrrole nitrogens is 2. The number of carbonyl (C=O) groups is 1. The molecular formula is C11H9N7O4. The number of amides is 1. The SMILES string of the molecule is O=C(Nc1nc(C2CC2)no1)n1cnc2c(=O)[nH]c(=O)[nH]c21. The average Bonchev–Trinajstić information content (AvgIpc) is 3.06. The predicted molar refractivity (Wildman–Crippen MR) is 71.7 cm³/mol. The van der Waals surface area contributed by atoms with Gasteiger partial charge in [-0.2, -0.15) is 4.98 Å². The Bertz CT molecular complexity index is 990. The van der Waals surface area contributed by atoms with Gasteiger partial charge in [0.2, 0.25) is 0 Å². The van der Waals surface area contributed by atoms with Crippen LogP contribution in [0, 0.1) is 0 Å². The van der Waals surface area contributed by atoms with E-state index in [-0.39, 0.29) is 17.2 Å². The highest BCUT2D eigenvalue weighted by Crippen LogP contribution is 2.38. The normalized spacial score (nSPS) is 14.4. The molecule has 0 aliphatic heterocycles. The predicted octanol–water partition coefficient (Wildman–Crippen LogP) is -0.247. The van der Waals surface area contributed by atoms with Gasteiger partial charge in [0.1, 0.15) is 6.33 Å². The van der Waals surface area contributed by atoms with Gasteiger partial charge in [0.25, 0.3) is 5.56 Å². The van der Waals surface area contributed by atoms with Gasteiger partial charge in [0.15, 0.2) is 17.0 Å². The molecule has 0 unspecified atom stereocenters. The van der Waals surface area contributed by atoms with Crippen LogP contribution >= 0.6 is 0 Å². The lowest BCUT2D eigenvalue weighted by Gasteiger charge is -2.01. The standard InChI is InChI=1S/C11H9N7O4/c19-8-5-7(14-9(20)15-8)18(3-12-5)11(21)16-10-13-6(17-22-10)4-1-2-4/h3-4H,1-2H2,(H,13,16,17,21)(H2,14,15,19,20). The van der Waals surface area contributed by atoms with E-state index in [0.29, 0.717) is 11.7 Å². The van der Waals surface area contributed by atoms with E-state index in [1.807, 2.05) is 4.98 Å². The zero-order valence-electron chi connectivity index (χ0n) is 11.0. The second-order valence-corrected chi connectivity index (χ2v) is 4.88. The zero-order chi connectivity index (χ0) is 15.3. The maximum atomic E-state index is 12.2. The lowest BCUT2D eigenvalue weighted by molar-refractivity contribution is 0.253. The van der Waals surface area contributed by atoms with Gasteiger partial charge in [-0.15, -0.1) is 0 Å². The molecule has 0 bridgehead atoms. The fourth-order valence-corrected chi connectivity index (χ4v) is 2.03. The van der Waals surface area contributed by atoms with E-state index < -0.39 is 17.3 Å². The summed E-state index contributed by atoms with van der Waals surface area (Å²) in [5.41, 5.74) is -1.49. The van der Waals surface area contributed by atoms with Gasteiger partial charge in [-0.05, 0) is 12.8 Å². The molecule has 0 spiro atoms. The second kappa shape index (κ2) is 4.38. The van der Waals surface area contributed by atoms with E-state index in [1.165, 1.54) is 0 Å². The summed E-state index contributed by atoms with van der Waals surface area (Å²) in [7, 11) is 0. The van der Waals surface area contributed by atoms with E-state index in [0.717, 1.165) is 23.7 Å². The van der Waals surface area contributed by atoms with Gasteiger partial charge in [0.05, 0.1) is 0 Å². The maximum absolute atomic E-state index is 12.2. The number of imidazole rings is 1. The minimum Gasteiger partial charge on any atom is -0.315 e. The van der Waals surface area contributed by atoms with Crippen LogP contribution < -0.4 is 16.6 Å². The summed E-state index contributed by atoms with van der Waals surface area (Å²) in [6.45, 7) is 0. The van der Waals surface area contributed by atoms with Gasteiger partial charge in [0, 0.05) is 5.92 Å². The molecule has 1 amide bonds. The van der Waals surface area contributed by atoms with Crippen LogP contribution in [0.15, 0.2) is 20.4 Å². The van der Waals surface area contributed by atoms with Crippen molar-refractivity contribution in [3.05, 3.63) is 33.0 Å². The topological polar surface area (TPSA) is 152 Å². The summed E-state index contributed by atoms with van der Waals surface area (Å²) in [6.07, 6.45) is 3.12. The largest absolute Gasteiger partial charge is 0.336 e. The molecule has 1 aliphatic rings. The average molecular weight is 303 g/mol. The molecule has 0 atom stereocenters. The van der Waals surface area contributed by atoms with Crippen molar-refractivity contribution < 1.29 is 9.32 Å². The molecule has 1 fully saturated rings. The number of carbonyl (C=O) groups excluding carboxylic acids is 1. The Morgan fingerprint density at radius 1 is 1.36 bits per heavy atom. The molecule has 11 heteroatoms. The summed E-state index contributed by atoms with van der Waals surface area (Å²) in [4.78, 5) is 47.2. The highest BCUT2D eigenvalue weighted by molar-refractivity contribution is 5.94. The third-order valence-corrected chi connectivity index (χ3v) is 3.26. The van der Waals surface area contributed by atoms with Crippen molar-refractivity contribution >= 4 is 23.2 Å². The van der Waals surface area contributed by atoms with Crippen molar-refractivity contribution in [1.29, 1.82) is 0 Å². The monoisotopic (exact) mass is 303 g/mol. The van der Waals surface area contributed by atoms with Crippen molar-refractivity contribution in [1.82, 2.24) is 29.7 Å². The van der Waals surface area contributed by atoms with Crippen molar-refractivity contribution in [3.8, 4) is 0 Å². The molecule has 3 aromatic rings. The number of rotatable bonds is 2. The van der Waals surface area contributed by atoms with Gasteiger partial charge < -0.3 is 4.52 Å². The summed E-state index contributed by atoms with van der Waals surface area (Å²) in [5, 5.41) is 6.15. The van der Waals surface area contributed by atoms with Crippen LogP contribution in [-0.2, 0) is 0 Å². The molecule has 4 rings (SSSR count). The summed E-state index contributed by atoms with van der Waals surface area (Å²) < 4.78 is 5.91. The Hall–Kier alpha value is -3.24. The molecular weight excluding hydrogens is 294 g/mol. The Morgan fingerprint density at radius 2 is 2.18 bits per heavy atom. The molecule has 1 aliphatic carbocycles. The van der Waals surface area contributed by atoms with E-state index >= 15 is 0 Å². The number of nitrogens with one attached hydrogen (secondary N) is 3. The van der Waals surface area contributed by atoms with Crippen LogP contribution in [0.1, 0.15) is 24.6 Å². The van der Waals surface area contributed by atoms with Crippen molar-refractivity contribution in [2.45, 2.75) is 18.8 Å². The summed E-state index contributed by atoms with van der Waals surface area (Å²) >= 11 is 0. The summed E-state index contributed by atoms with van der Waals surface area (Å²) in [6, 6.07) is -0.740. The van der Waals surface area contributed by atoms with Gasteiger partial charge in [-0.1, -0.05) is 5.16 Å². The molecule has 0 radical (unpaired) electrons. The second-order valence-electron chi connectivity index (χ2n) is 4.88. The number of anilines is 1. The number of nitrogens with zero attached hydrogens (tertiary/aromatic N) is 4. The highest BCUT2D eigenvalue weighted by atomic mass is 16.5. The third-order valence-electron chi connectivity index (χ3n) is 3.26. The first-order chi connectivity index (χ1) is 10.6. The molecule has 0 saturated heterocycles. The van der Waals surface area contributed by atoms with Crippen molar-refractivity contribution in [3.63, 3.8) is 0 Å². The Balaban J connectivity index is 1.67. The van der Waals surface area contributed by atoms with Crippen molar-refractivity contribution in [2.75, 3.05) is 5.32 Å². The first kappa shape index (κ1) is 12.5. The number of fused-ring (bicyclic) bond motifs is 1. The van der Waals surface area contributed by atoms with Crippen LogP contribution in [-0.4, -0.2) is 35.7 Å². The summed E-state index contributed by atoms with van der Waals surface area (Å²) in [5.74, 6) is 0.842. The third kappa shape index (κ3) is 1.99. The van der Waals surface area contributed by atoms with Crippen LogP contribution in [0.3, 0.4) is 0 Å². The maximum Gasteiger partial charge on any atom is 0.336 e. The van der Waals surface area contributed by atoms with Gasteiger partial charge in [-0.3, -0.25) is 20.1 Å². The van der Waals surface area contributed by atoms with Crippen LogP contribution in [0.5, 0.6) is 0 Å². The van der Waals surface area contributed by atoms with E-state index in [9.17, 15) is 14.4 Å². The van der Waals surface area contributed by atoms with Crippen LogP contribution in [0.25, 0.3) is 11.2 Å². The van der Waals surface area contributed by atoms with Crippen LogP contribution in [0.4, 0.5) is 10.8 Å². The quantitative estimate of drug-likeness (QED) is 0.590.